The predicted octanol–water partition coefficient (Wildman–Crippen LogP) is 3.67. The van der Waals surface area contributed by atoms with Crippen LogP contribution in [-0.2, 0) is 0 Å². The Bertz CT molecular complexity index is 267. The molecule has 1 rings (SSSR count). The minimum atomic E-state index is 0.945. The largest absolute Gasteiger partial charge is 0.0949 e. The van der Waals surface area contributed by atoms with Crippen LogP contribution in [0.25, 0.3) is 5.57 Å². The van der Waals surface area contributed by atoms with E-state index in [1.54, 1.807) is 0 Å². The summed E-state index contributed by atoms with van der Waals surface area (Å²) in [5, 5.41) is 0. The fourth-order valence-electron chi connectivity index (χ4n) is 1.05. The van der Waals surface area contributed by atoms with Crippen LogP contribution in [0.5, 0.6) is 0 Å². The number of allylic oxidation sites excluding steroid dienone is 3. The molecule has 0 aliphatic carbocycles. The third-order valence-corrected chi connectivity index (χ3v) is 1.78. The summed E-state index contributed by atoms with van der Waals surface area (Å²) < 4.78 is 0. The van der Waals surface area contributed by atoms with Crippen LogP contribution in [-0.4, -0.2) is 0 Å². The molecule has 0 amide bonds. The summed E-state index contributed by atoms with van der Waals surface area (Å²) in [6, 6.07) is 10.3. The molecular formula is C12H14. The van der Waals surface area contributed by atoms with Gasteiger partial charge in [0.05, 0.1) is 0 Å². The molecule has 62 valence electrons. The molecule has 0 unspecified atom stereocenters. The Labute approximate surface area is 74.2 Å². The van der Waals surface area contributed by atoms with Gasteiger partial charge in [0.2, 0.25) is 0 Å². The van der Waals surface area contributed by atoms with Gasteiger partial charge in [0.15, 0.2) is 0 Å². The van der Waals surface area contributed by atoms with Gasteiger partial charge in [-0.2, -0.15) is 0 Å². The third kappa shape index (κ3) is 2.39. The van der Waals surface area contributed by atoms with E-state index < -0.39 is 0 Å². The lowest BCUT2D eigenvalue weighted by Crippen LogP contribution is -1.78. The Hall–Kier alpha value is -1.30. The maximum Gasteiger partial charge on any atom is -0.00975 e. The molecule has 0 aliphatic heterocycles. The zero-order valence-corrected chi connectivity index (χ0v) is 7.46. The minimum Gasteiger partial charge on any atom is -0.0949 e. The minimum absolute atomic E-state index is 0.945. The standard InChI is InChI=1S/C12H14/c1-3-4-8-11(2)12-9-6-5-7-10-12/h3-7,9-10H,2,8H2,1H3. The van der Waals surface area contributed by atoms with Crippen molar-refractivity contribution in [3.05, 3.63) is 54.6 Å². The molecule has 0 N–H and O–H groups in total. The van der Waals surface area contributed by atoms with E-state index in [2.05, 4.69) is 24.8 Å². The summed E-state index contributed by atoms with van der Waals surface area (Å²) in [6.07, 6.45) is 5.12. The van der Waals surface area contributed by atoms with Crippen LogP contribution >= 0.6 is 0 Å². The second-order valence-corrected chi connectivity index (χ2v) is 2.74. The predicted molar refractivity (Wildman–Crippen MR) is 54.9 cm³/mol. The highest BCUT2D eigenvalue weighted by atomic mass is 14.0. The van der Waals surface area contributed by atoms with Crippen LogP contribution in [0.4, 0.5) is 0 Å². The van der Waals surface area contributed by atoms with Gasteiger partial charge in [0.25, 0.3) is 0 Å². The zero-order chi connectivity index (χ0) is 8.81. The van der Waals surface area contributed by atoms with Crippen LogP contribution in [0, 0.1) is 0 Å². The van der Waals surface area contributed by atoms with Gasteiger partial charge in [-0.25, -0.2) is 0 Å². The van der Waals surface area contributed by atoms with Crippen molar-refractivity contribution in [3.8, 4) is 0 Å². The topological polar surface area (TPSA) is 0 Å². The van der Waals surface area contributed by atoms with Gasteiger partial charge in [-0.15, -0.1) is 0 Å². The average Bonchev–Trinajstić information content (AvgIpc) is 2.15. The number of hydrogen-bond donors (Lipinski definition) is 0. The van der Waals surface area contributed by atoms with E-state index in [0.717, 1.165) is 6.42 Å². The normalized spacial score (nSPS) is 10.4. The van der Waals surface area contributed by atoms with Crippen molar-refractivity contribution in [1.82, 2.24) is 0 Å². The van der Waals surface area contributed by atoms with Gasteiger partial charge >= 0.3 is 0 Å². The van der Waals surface area contributed by atoms with Gasteiger partial charge in [-0.3, -0.25) is 0 Å². The highest BCUT2D eigenvalue weighted by molar-refractivity contribution is 5.64. The molecule has 0 atom stereocenters. The Morgan fingerprint density at radius 2 is 2.00 bits per heavy atom. The Kier molecular flexibility index (Phi) is 3.34. The molecule has 0 fully saturated rings. The first kappa shape index (κ1) is 8.79. The molecular weight excluding hydrogens is 144 g/mol. The summed E-state index contributed by atoms with van der Waals surface area (Å²) in [4.78, 5) is 0. The van der Waals surface area contributed by atoms with E-state index in [4.69, 9.17) is 0 Å². The molecule has 0 nitrogen and oxygen atoms in total. The van der Waals surface area contributed by atoms with Gasteiger partial charge in [-0.05, 0) is 24.5 Å². The number of rotatable bonds is 3. The van der Waals surface area contributed by atoms with E-state index >= 15 is 0 Å². The lowest BCUT2D eigenvalue weighted by atomic mass is 10.0. The van der Waals surface area contributed by atoms with E-state index in [9.17, 15) is 0 Å². The van der Waals surface area contributed by atoms with Gasteiger partial charge in [-0.1, -0.05) is 49.1 Å². The Morgan fingerprint density at radius 1 is 1.33 bits per heavy atom. The Morgan fingerprint density at radius 3 is 2.58 bits per heavy atom. The summed E-state index contributed by atoms with van der Waals surface area (Å²) in [5.41, 5.74) is 2.41. The maximum atomic E-state index is 4.01. The van der Waals surface area contributed by atoms with Crippen molar-refractivity contribution in [2.75, 3.05) is 0 Å². The first-order valence-electron chi connectivity index (χ1n) is 4.19. The highest BCUT2D eigenvalue weighted by Gasteiger charge is 1.93. The maximum absolute atomic E-state index is 4.01. The first-order chi connectivity index (χ1) is 5.84. The van der Waals surface area contributed by atoms with Crippen LogP contribution in [0.3, 0.4) is 0 Å². The smallest absolute Gasteiger partial charge is 0.00975 e. The molecule has 0 aliphatic rings. The summed E-state index contributed by atoms with van der Waals surface area (Å²) in [7, 11) is 0. The molecule has 0 heterocycles. The van der Waals surface area contributed by atoms with E-state index in [1.165, 1.54) is 11.1 Å². The summed E-state index contributed by atoms with van der Waals surface area (Å²) in [5.74, 6) is 0. The molecule has 0 radical (unpaired) electrons. The van der Waals surface area contributed by atoms with Crippen LogP contribution in [0.2, 0.25) is 0 Å². The second-order valence-electron chi connectivity index (χ2n) is 2.74. The fourth-order valence-corrected chi connectivity index (χ4v) is 1.05. The first-order valence-corrected chi connectivity index (χ1v) is 4.19. The highest BCUT2D eigenvalue weighted by Crippen LogP contribution is 2.15. The van der Waals surface area contributed by atoms with Gasteiger partial charge < -0.3 is 0 Å². The molecule has 1 aromatic carbocycles. The summed E-state index contributed by atoms with van der Waals surface area (Å²) in [6.45, 7) is 6.04. The van der Waals surface area contributed by atoms with Crippen molar-refractivity contribution in [3.63, 3.8) is 0 Å². The average molecular weight is 158 g/mol. The SMILES string of the molecule is C=C(CC=CC)c1ccccc1. The quantitative estimate of drug-likeness (QED) is 0.589. The van der Waals surface area contributed by atoms with Crippen molar-refractivity contribution in [2.24, 2.45) is 0 Å². The number of hydrogen-bond acceptors (Lipinski definition) is 0. The molecule has 0 aromatic heterocycles. The monoisotopic (exact) mass is 158 g/mol. The molecule has 0 saturated carbocycles. The van der Waals surface area contributed by atoms with Crippen molar-refractivity contribution in [1.29, 1.82) is 0 Å². The van der Waals surface area contributed by atoms with Gasteiger partial charge in [0, 0.05) is 0 Å². The molecule has 0 heteroatoms. The molecule has 1 aromatic rings. The molecule has 0 spiro atoms. The van der Waals surface area contributed by atoms with Gasteiger partial charge in [0.1, 0.15) is 0 Å². The van der Waals surface area contributed by atoms with E-state index in [-0.39, 0.29) is 0 Å². The number of benzene rings is 1. The van der Waals surface area contributed by atoms with Crippen molar-refractivity contribution < 1.29 is 0 Å². The zero-order valence-electron chi connectivity index (χ0n) is 7.46. The van der Waals surface area contributed by atoms with Crippen molar-refractivity contribution in [2.45, 2.75) is 13.3 Å². The van der Waals surface area contributed by atoms with E-state index in [0.29, 0.717) is 0 Å². The van der Waals surface area contributed by atoms with Crippen molar-refractivity contribution >= 4 is 5.57 Å². The van der Waals surface area contributed by atoms with Crippen LogP contribution in [0.15, 0.2) is 49.1 Å². The fraction of sp³-hybridized carbons (Fsp3) is 0.167. The molecule has 0 bridgehead atoms. The summed E-state index contributed by atoms with van der Waals surface area (Å²) >= 11 is 0. The van der Waals surface area contributed by atoms with Crippen LogP contribution < -0.4 is 0 Å². The molecule has 0 saturated heterocycles. The third-order valence-electron chi connectivity index (χ3n) is 1.78. The Balaban J connectivity index is 2.66. The lowest BCUT2D eigenvalue weighted by molar-refractivity contribution is 1.38. The second kappa shape index (κ2) is 4.55. The van der Waals surface area contributed by atoms with E-state index in [1.807, 2.05) is 31.2 Å². The van der Waals surface area contributed by atoms with Crippen LogP contribution in [0.1, 0.15) is 18.9 Å². The molecule has 12 heavy (non-hydrogen) atoms. The lowest BCUT2D eigenvalue weighted by Gasteiger charge is -2.00.